The number of nitrogens with one attached hydrogen (secondary N) is 1. The maximum atomic E-state index is 13.0. The van der Waals surface area contributed by atoms with Gasteiger partial charge in [-0.3, -0.25) is 4.79 Å². The van der Waals surface area contributed by atoms with Gasteiger partial charge in [0.05, 0.1) is 23.0 Å². The van der Waals surface area contributed by atoms with E-state index < -0.39 is 17.0 Å². The second kappa shape index (κ2) is 7.31. The highest BCUT2D eigenvalue weighted by Crippen LogP contribution is 2.55. The van der Waals surface area contributed by atoms with Crippen LogP contribution in [0.5, 0.6) is 0 Å². The molecule has 1 heterocycles. The van der Waals surface area contributed by atoms with Crippen molar-refractivity contribution in [3.05, 3.63) is 30.3 Å². The first kappa shape index (κ1) is 18.9. The molecule has 6 rings (SSSR count). The van der Waals surface area contributed by atoms with Crippen molar-refractivity contribution in [3.63, 3.8) is 0 Å². The Labute approximate surface area is 170 Å². The van der Waals surface area contributed by atoms with E-state index in [0.717, 1.165) is 43.4 Å². The van der Waals surface area contributed by atoms with Crippen molar-refractivity contribution in [3.8, 4) is 0 Å². The van der Waals surface area contributed by atoms with Crippen LogP contribution in [0.3, 0.4) is 0 Å². The van der Waals surface area contributed by atoms with E-state index in [4.69, 9.17) is 0 Å². The molecular formula is C22H30N2O3S. The molecule has 5 aliphatic rings. The average molecular weight is 403 g/mol. The van der Waals surface area contributed by atoms with E-state index in [2.05, 4.69) is 5.32 Å². The number of aliphatic hydroxyl groups is 1. The minimum absolute atomic E-state index is 0.0372. The number of nitrogens with zero attached hydrogens (tertiary/aromatic N) is 1. The standard InChI is InChI=1S/C22H30N2O3S/c25-21(23-20-18-11-15-10-16(12-18)14-22(20,26)13-15)17-6-8-24(9-7-17)28(27)19-4-2-1-3-5-19/h1-5,15-18,20,26H,6-14H2,(H,23,25). The summed E-state index contributed by atoms with van der Waals surface area (Å²) in [7, 11) is 0. The molecule has 4 saturated carbocycles. The Hall–Kier alpha value is -1.08. The van der Waals surface area contributed by atoms with Gasteiger partial charge in [-0.2, -0.15) is 0 Å². The molecule has 1 aromatic carbocycles. The Kier molecular flexibility index (Phi) is 4.94. The summed E-state index contributed by atoms with van der Waals surface area (Å²) in [5, 5.41) is 14.5. The lowest BCUT2D eigenvalue weighted by atomic mass is 9.52. The summed E-state index contributed by atoms with van der Waals surface area (Å²) < 4.78 is 14.7. The lowest BCUT2D eigenvalue weighted by Crippen LogP contribution is -2.66. The predicted octanol–water partition coefficient (Wildman–Crippen LogP) is 2.48. The Morgan fingerprint density at radius 2 is 1.75 bits per heavy atom. The van der Waals surface area contributed by atoms with Crippen LogP contribution in [-0.4, -0.2) is 44.6 Å². The van der Waals surface area contributed by atoms with Crippen LogP contribution in [0.2, 0.25) is 0 Å². The van der Waals surface area contributed by atoms with Gasteiger partial charge in [0.15, 0.2) is 4.90 Å². The van der Waals surface area contributed by atoms with Crippen molar-refractivity contribution < 1.29 is 14.5 Å². The van der Waals surface area contributed by atoms with Gasteiger partial charge in [-0.05, 0) is 74.8 Å². The first-order valence-electron chi connectivity index (χ1n) is 10.8. The first-order chi connectivity index (χ1) is 13.5. The maximum absolute atomic E-state index is 13.0. The summed E-state index contributed by atoms with van der Waals surface area (Å²) in [4.78, 5) is 13.8. The molecule has 5 fully saturated rings. The van der Waals surface area contributed by atoms with Gasteiger partial charge in [0.25, 0.3) is 0 Å². The fourth-order valence-electron chi connectivity index (χ4n) is 6.49. The second-order valence-corrected chi connectivity index (χ2v) is 10.9. The molecule has 0 radical (unpaired) electrons. The van der Waals surface area contributed by atoms with Crippen LogP contribution in [0.4, 0.5) is 0 Å². The molecular weight excluding hydrogens is 372 g/mol. The molecule has 1 amide bonds. The number of carbonyl (C=O) groups excluding carboxylic acids is 1. The summed E-state index contributed by atoms with van der Waals surface area (Å²) in [6, 6.07) is 9.45. The molecule has 1 aliphatic heterocycles. The van der Waals surface area contributed by atoms with Crippen LogP contribution < -0.4 is 5.32 Å². The maximum Gasteiger partial charge on any atom is 0.223 e. The van der Waals surface area contributed by atoms with Crippen LogP contribution in [0.25, 0.3) is 0 Å². The van der Waals surface area contributed by atoms with Crippen LogP contribution in [0, 0.1) is 23.7 Å². The monoisotopic (exact) mass is 402 g/mol. The molecule has 4 bridgehead atoms. The number of benzene rings is 1. The van der Waals surface area contributed by atoms with Crippen LogP contribution >= 0.6 is 0 Å². The summed E-state index contributed by atoms with van der Waals surface area (Å²) in [6.45, 7) is 1.34. The van der Waals surface area contributed by atoms with E-state index >= 15 is 0 Å². The van der Waals surface area contributed by atoms with E-state index in [9.17, 15) is 14.5 Å². The summed E-state index contributed by atoms with van der Waals surface area (Å²) in [6.07, 6.45) is 6.78. The average Bonchev–Trinajstić information content (AvgIpc) is 2.70. The number of carbonyl (C=O) groups is 1. The zero-order chi connectivity index (χ0) is 19.3. The summed E-state index contributed by atoms with van der Waals surface area (Å²) >= 11 is -1.15. The molecule has 4 atom stereocenters. The summed E-state index contributed by atoms with van der Waals surface area (Å²) in [5.74, 6) is 1.82. The van der Waals surface area contributed by atoms with Gasteiger partial charge in [-0.1, -0.05) is 18.2 Å². The van der Waals surface area contributed by atoms with E-state index in [0.29, 0.717) is 30.8 Å². The largest absolute Gasteiger partial charge is 0.593 e. The first-order valence-corrected chi connectivity index (χ1v) is 11.9. The minimum Gasteiger partial charge on any atom is -0.593 e. The van der Waals surface area contributed by atoms with Gasteiger partial charge in [0, 0.05) is 19.0 Å². The fraction of sp³-hybridized carbons (Fsp3) is 0.682. The highest BCUT2D eigenvalue weighted by atomic mass is 32.2. The molecule has 4 aliphatic carbocycles. The molecule has 2 N–H and O–H groups in total. The molecule has 28 heavy (non-hydrogen) atoms. The van der Waals surface area contributed by atoms with Gasteiger partial charge in [0.2, 0.25) is 5.91 Å². The predicted molar refractivity (Wildman–Crippen MR) is 108 cm³/mol. The van der Waals surface area contributed by atoms with E-state index in [1.165, 1.54) is 6.42 Å². The third-order valence-corrected chi connectivity index (χ3v) is 9.08. The van der Waals surface area contributed by atoms with E-state index in [-0.39, 0.29) is 17.9 Å². The zero-order valence-corrected chi connectivity index (χ0v) is 17.1. The topological polar surface area (TPSA) is 75.6 Å². The molecule has 0 spiro atoms. The van der Waals surface area contributed by atoms with Gasteiger partial charge < -0.3 is 15.0 Å². The molecule has 5 nitrogen and oxygen atoms in total. The van der Waals surface area contributed by atoms with Crippen molar-refractivity contribution in [1.29, 1.82) is 0 Å². The Bertz CT molecular complexity index is 708. The highest BCUT2D eigenvalue weighted by molar-refractivity contribution is 7.89. The number of piperidine rings is 1. The Morgan fingerprint density at radius 3 is 2.36 bits per heavy atom. The smallest absolute Gasteiger partial charge is 0.223 e. The quantitative estimate of drug-likeness (QED) is 0.759. The molecule has 0 aromatic heterocycles. The zero-order valence-electron chi connectivity index (χ0n) is 16.3. The third kappa shape index (κ3) is 3.38. The Balaban J connectivity index is 1.18. The van der Waals surface area contributed by atoms with Crippen molar-refractivity contribution in [2.24, 2.45) is 23.7 Å². The van der Waals surface area contributed by atoms with Crippen LogP contribution in [-0.2, 0) is 16.2 Å². The van der Waals surface area contributed by atoms with Crippen molar-refractivity contribution in [2.45, 2.75) is 61.5 Å². The van der Waals surface area contributed by atoms with Crippen molar-refractivity contribution in [1.82, 2.24) is 9.62 Å². The van der Waals surface area contributed by atoms with Crippen molar-refractivity contribution in [2.75, 3.05) is 13.1 Å². The van der Waals surface area contributed by atoms with Crippen LogP contribution in [0.1, 0.15) is 44.9 Å². The number of hydrogen-bond acceptors (Lipinski definition) is 4. The molecule has 6 heteroatoms. The number of hydrogen-bond donors (Lipinski definition) is 2. The molecule has 1 aromatic rings. The number of amides is 1. The third-order valence-electron chi connectivity index (χ3n) is 7.58. The van der Waals surface area contributed by atoms with Gasteiger partial charge in [0.1, 0.15) is 0 Å². The van der Waals surface area contributed by atoms with E-state index in [1.54, 1.807) is 0 Å². The van der Waals surface area contributed by atoms with Gasteiger partial charge in [-0.25, -0.2) is 0 Å². The van der Waals surface area contributed by atoms with E-state index in [1.807, 2.05) is 34.6 Å². The SMILES string of the molecule is O=C(NC1C2CC3CC(C2)CC1(O)C3)C1CCN([S+]([O-])c2ccccc2)CC1. The Morgan fingerprint density at radius 1 is 1.11 bits per heavy atom. The van der Waals surface area contributed by atoms with Gasteiger partial charge >= 0.3 is 0 Å². The normalized spacial score (nSPS) is 39.1. The highest BCUT2D eigenvalue weighted by Gasteiger charge is 2.57. The van der Waals surface area contributed by atoms with Crippen LogP contribution in [0.15, 0.2) is 35.2 Å². The molecule has 4 unspecified atom stereocenters. The molecule has 152 valence electrons. The number of rotatable bonds is 4. The second-order valence-electron chi connectivity index (χ2n) is 9.46. The lowest BCUT2D eigenvalue weighted by molar-refractivity contribution is -0.159. The molecule has 1 saturated heterocycles. The lowest BCUT2D eigenvalue weighted by Gasteiger charge is -2.59. The minimum atomic E-state index is -1.15. The fourth-order valence-corrected chi connectivity index (χ4v) is 7.72. The summed E-state index contributed by atoms with van der Waals surface area (Å²) in [5.41, 5.74) is -0.681. The van der Waals surface area contributed by atoms with Crippen molar-refractivity contribution >= 4 is 17.3 Å². The van der Waals surface area contributed by atoms with Gasteiger partial charge in [-0.15, -0.1) is 4.31 Å².